The van der Waals surface area contributed by atoms with E-state index in [1.54, 1.807) is 14.1 Å². The van der Waals surface area contributed by atoms with Gasteiger partial charge in [0, 0.05) is 31.4 Å². The van der Waals surface area contributed by atoms with Crippen molar-refractivity contribution in [3.8, 4) is 11.1 Å². The van der Waals surface area contributed by atoms with Gasteiger partial charge in [0.25, 0.3) is 5.91 Å². The molecule has 10 heteroatoms. The van der Waals surface area contributed by atoms with Crippen molar-refractivity contribution in [1.82, 2.24) is 29.2 Å². The van der Waals surface area contributed by atoms with Crippen molar-refractivity contribution < 1.29 is 4.79 Å². The van der Waals surface area contributed by atoms with E-state index >= 15 is 0 Å². The summed E-state index contributed by atoms with van der Waals surface area (Å²) < 4.78 is 3.40. The van der Waals surface area contributed by atoms with Crippen LogP contribution >= 0.6 is 0 Å². The van der Waals surface area contributed by atoms with Crippen LogP contribution in [-0.2, 0) is 6.54 Å². The molecule has 4 heterocycles. The Bertz CT molecular complexity index is 1900. The fraction of sp³-hybridized carbons (Fsp3) is 0.161. The quantitative estimate of drug-likeness (QED) is 0.331. The highest BCUT2D eigenvalue weighted by Gasteiger charge is 2.27. The van der Waals surface area contributed by atoms with E-state index in [1.807, 2.05) is 102 Å². The fourth-order valence-electron chi connectivity index (χ4n) is 5.43. The molecule has 1 saturated heterocycles. The van der Waals surface area contributed by atoms with Gasteiger partial charge in [0.05, 0.1) is 24.1 Å². The highest BCUT2D eigenvalue weighted by atomic mass is 16.2. The van der Waals surface area contributed by atoms with Crippen molar-refractivity contribution in [2.24, 2.45) is 0 Å². The Balaban J connectivity index is 1.17. The van der Waals surface area contributed by atoms with E-state index in [9.17, 15) is 9.59 Å². The van der Waals surface area contributed by atoms with E-state index in [2.05, 4.69) is 15.4 Å². The van der Waals surface area contributed by atoms with Crippen molar-refractivity contribution >= 4 is 28.3 Å². The third-order valence-corrected chi connectivity index (χ3v) is 7.48. The van der Waals surface area contributed by atoms with Gasteiger partial charge in [-0.15, -0.1) is 5.10 Å². The summed E-state index contributed by atoms with van der Waals surface area (Å²) >= 11 is 0. The van der Waals surface area contributed by atoms with Gasteiger partial charge in [-0.05, 0) is 29.3 Å². The predicted octanol–water partition coefficient (Wildman–Crippen LogP) is 3.75. The molecule has 6 aromatic rings. The minimum absolute atomic E-state index is 0.126. The number of hydrogen-bond donors (Lipinski definition) is 2. The number of aromatic amines is 1. The molecule has 204 valence electrons. The molecule has 3 aromatic heterocycles. The van der Waals surface area contributed by atoms with Crippen LogP contribution in [-0.4, -0.2) is 61.2 Å². The summed E-state index contributed by atoms with van der Waals surface area (Å²) in [6.07, 6.45) is 1.87. The van der Waals surface area contributed by atoms with E-state index in [1.165, 1.54) is 0 Å². The lowest BCUT2D eigenvalue weighted by Crippen LogP contribution is -2.55. The van der Waals surface area contributed by atoms with E-state index in [-0.39, 0.29) is 17.4 Å². The summed E-state index contributed by atoms with van der Waals surface area (Å²) in [6.45, 7) is 2.46. The molecule has 0 unspecified atom stereocenters. The zero-order valence-corrected chi connectivity index (χ0v) is 22.3. The molecule has 1 fully saturated rings. The second-order valence-electron chi connectivity index (χ2n) is 10.0. The molecule has 1 aliphatic rings. The molecule has 41 heavy (non-hydrogen) atoms. The molecule has 1 aliphatic heterocycles. The number of amides is 1. The van der Waals surface area contributed by atoms with Gasteiger partial charge in [-0.3, -0.25) is 4.79 Å². The zero-order valence-electron chi connectivity index (χ0n) is 22.3. The maximum Gasteiger partial charge on any atom is 0.345 e. The number of anilines is 1. The molecule has 7 rings (SSSR count). The summed E-state index contributed by atoms with van der Waals surface area (Å²) in [6, 6.07) is 29.8. The van der Waals surface area contributed by atoms with Gasteiger partial charge >= 0.3 is 5.69 Å². The molecule has 0 aliphatic carbocycles. The number of fused-ring (bicyclic) bond motifs is 2. The van der Waals surface area contributed by atoms with E-state index in [0.717, 1.165) is 33.2 Å². The SMILES string of the molecule is O=C(c1nc(NCc2ccccc2)c2c(-c3ccccc3)ccn2n1)N1CCN(n2c(=O)[nH]c3ccccc32)CC1. The third-order valence-electron chi connectivity index (χ3n) is 7.48. The molecule has 0 bridgehead atoms. The smallest absolute Gasteiger partial charge is 0.345 e. The second-order valence-corrected chi connectivity index (χ2v) is 10.0. The molecular weight excluding hydrogens is 516 g/mol. The Morgan fingerprint density at radius 1 is 0.854 bits per heavy atom. The Morgan fingerprint density at radius 2 is 1.56 bits per heavy atom. The molecular formula is C31H28N8O2. The largest absolute Gasteiger partial charge is 0.364 e. The van der Waals surface area contributed by atoms with Crippen molar-refractivity contribution in [2.75, 3.05) is 36.5 Å². The van der Waals surface area contributed by atoms with Crippen molar-refractivity contribution in [3.05, 3.63) is 119 Å². The lowest BCUT2D eigenvalue weighted by Gasteiger charge is -2.35. The van der Waals surface area contributed by atoms with E-state index in [0.29, 0.717) is 38.5 Å². The van der Waals surface area contributed by atoms with E-state index < -0.39 is 0 Å². The van der Waals surface area contributed by atoms with Gasteiger partial charge in [0.1, 0.15) is 5.52 Å². The van der Waals surface area contributed by atoms with Gasteiger partial charge in [-0.25, -0.2) is 19.0 Å². The van der Waals surface area contributed by atoms with Crippen molar-refractivity contribution in [1.29, 1.82) is 0 Å². The Labute approximate surface area is 235 Å². The van der Waals surface area contributed by atoms with Crippen LogP contribution < -0.4 is 16.0 Å². The highest BCUT2D eigenvalue weighted by molar-refractivity contribution is 5.94. The fourth-order valence-corrected chi connectivity index (χ4v) is 5.43. The molecule has 0 spiro atoms. The Hall–Kier alpha value is -5.38. The second kappa shape index (κ2) is 10.3. The van der Waals surface area contributed by atoms with Crippen molar-refractivity contribution in [3.63, 3.8) is 0 Å². The first-order valence-corrected chi connectivity index (χ1v) is 13.6. The van der Waals surface area contributed by atoms with Crippen LogP contribution in [0.25, 0.3) is 27.7 Å². The first-order valence-electron chi connectivity index (χ1n) is 13.6. The number of H-pyrrole nitrogens is 1. The van der Waals surface area contributed by atoms with Crippen molar-refractivity contribution in [2.45, 2.75) is 6.54 Å². The number of imidazole rings is 1. The topological polar surface area (TPSA) is 104 Å². The Morgan fingerprint density at radius 3 is 2.34 bits per heavy atom. The maximum atomic E-state index is 13.7. The van der Waals surface area contributed by atoms with Crippen LogP contribution in [0.5, 0.6) is 0 Å². The average Bonchev–Trinajstić information content (AvgIpc) is 3.61. The number of nitrogens with one attached hydrogen (secondary N) is 2. The number of para-hydroxylation sites is 2. The van der Waals surface area contributed by atoms with Gasteiger partial charge < -0.3 is 20.2 Å². The van der Waals surface area contributed by atoms with Gasteiger partial charge in [-0.1, -0.05) is 72.8 Å². The lowest BCUT2D eigenvalue weighted by atomic mass is 10.1. The summed E-state index contributed by atoms with van der Waals surface area (Å²) in [5, 5.41) is 10.1. The minimum Gasteiger partial charge on any atom is -0.364 e. The number of carbonyl (C=O) groups is 1. The van der Waals surface area contributed by atoms with Gasteiger partial charge in [0.2, 0.25) is 5.82 Å². The minimum atomic E-state index is -0.240. The first kappa shape index (κ1) is 24.6. The number of piperazine rings is 1. The van der Waals surface area contributed by atoms with Gasteiger partial charge in [-0.2, -0.15) is 0 Å². The lowest BCUT2D eigenvalue weighted by molar-refractivity contribution is 0.0724. The van der Waals surface area contributed by atoms with Crippen LogP contribution in [0.4, 0.5) is 5.82 Å². The monoisotopic (exact) mass is 544 g/mol. The highest BCUT2D eigenvalue weighted by Crippen LogP contribution is 2.30. The third kappa shape index (κ3) is 4.59. The van der Waals surface area contributed by atoms with Crippen LogP contribution in [0.15, 0.2) is 102 Å². The van der Waals surface area contributed by atoms with Gasteiger partial charge in [0.15, 0.2) is 5.82 Å². The molecule has 10 nitrogen and oxygen atoms in total. The number of nitrogens with zero attached hydrogens (tertiary/aromatic N) is 6. The molecule has 1 amide bonds. The summed E-state index contributed by atoms with van der Waals surface area (Å²) in [4.78, 5) is 35.8. The molecule has 0 radical (unpaired) electrons. The summed E-state index contributed by atoms with van der Waals surface area (Å²) in [5.41, 5.74) is 5.37. The summed E-state index contributed by atoms with van der Waals surface area (Å²) in [7, 11) is 0. The summed E-state index contributed by atoms with van der Waals surface area (Å²) in [5.74, 6) is 0.483. The maximum absolute atomic E-state index is 13.7. The molecule has 2 N–H and O–H groups in total. The van der Waals surface area contributed by atoms with Crippen LogP contribution in [0.3, 0.4) is 0 Å². The van der Waals surface area contributed by atoms with Crippen LogP contribution in [0, 0.1) is 0 Å². The number of hydrogen-bond acceptors (Lipinski definition) is 6. The molecule has 3 aromatic carbocycles. The molecule has 0 atom stereocenters. The number of aromatic nitrogens is 5. The predicted molar refractivity (Wildman–Crippen MR) is 159 cm³/mol. The zero-order chi connectivity index (χ0) is 27.8. The number of carbonyl (C=O) groups excluding carboxylic acids is 1. The number of rotatable bonds is 6. The van der Waals surface area contributed by atoms with E-state index in [4.69, 9.17) is 4.98 Å². The standard InChI is InChI=1S/C31H28N8O2/c40-30(36-17-19-37(20-18-36)39-26-14-8-7-13-25(26)33-31(39)41)29-34-28(32-21-22-9-3-1-4-10-22)27-24(15-16-38(27)35-29)23-11-5-2-6-12-23/h1-16H,17-21H2,(H,33,41)(H,32,34,35). The normalized spacial score (nSPS) is 13.7. The Kier molecular flexibility index (Phi) is 6.19. The van der Waals surface area contributed by atoms with Crippen LogP contribution in [0.1, 0.15) is 16.2 Å². The molecule has 0 saturated carbocycles. The first-order chi connectivity index (χ1) is 20.2. The number of benzene rings is 3. The van der Waals surface area contributed by atoms with Crippen LogP contribution in [0.2, 0.25) is 0 Å². The average molecular weight is 545 g/mol.